The standard InChI is InChI=1S/C14H22N2O4/c1-13(2,3)20-12(19)16-6-4-14(5-7-16)9-15-11(18)8-10(14)17/h4-9H2,1-3H3,(H,15,18). The minimum Gasteiger partial charge on any atom is -0.444 e. The molecule has 112 valence electrons. The van der Waals surface area contributed by atoms with Crippen LogP contribution >= 0.6 is 0 Å². The van der Waals surface area contributed by atoms with Gasteiger partial charge in [-0.2, -0.15) is 0 Å². The molecule has 0 saturated carbocycles. The molecule has 1 spiro atoms. The van der Waals surface area contributed by atoms with E-state index >= 15 is 0 Å². The molecule has 0 bridgehead atoms. The van der Waals surface area contributed by atoms with Gasteiger partial charge in [-0.1, -0.05) is 0 Å². The molecule has 2 saturated heterocycles. The minimum atomic E-state index is -0.513. The lowest BCUT2D eigenvalue weighted by Crippen LogP contribution is -2.55. The SMILES string of the molecule is CC(C)(C)OC(=O)N1CCC2(CC1)CNC(=O)CC2=O. The van der Waals surface area contributed by atoms with Gasteiger partial charge < -0.3 is 15.0 Å². The Morgan fingerprint density at radius 3 is 2.35 bits per heavy atom. The Labute approximate surface area is 118 Å². The topological polar surface area (TPSA) is 75.7 Å². The van der Waals surface area contributed by atoms with Gasteiger partial charge in [-0.15, -0.1) is 0 Å². The number of carbonyl (C=O) groups excluding carboxylic acids is 3. The number of carbonyl (C=O) groups is 3. The van der Waals surface area contributed by atoms with E-state index in [0.717, 1.165) is 0 Å². The summed E-state index contributed by atoms with van der Waals surface area (Å²) in [4.78, 5) is 36.9. The molecule has 2 heterocycles. The van der Waals surface area contributed by atoms with Crippen molar-refractivity contribution in [1.29, 1.82) is 0 Å². The van der Waals surface area contributed by atoms with Crippen LogP contribution in [0.1, 0.15) is 40.0 Å². The van der Waals surface area contributed by atoms with E-state index in [9.17, 15) is 14.4 Å². The summed E-state index contributed by atoms with van der Waals surface area (Å²) in [7, 11) is 0. The molecule has 2 aliphatic rings. The van der Waals surface area contributed by atoms with Crippen LogP contribution in [0.4, 0.5) is 4.79 Å². The Morgan fingerprint density at radius 2 is 1.85 bits per heavy atom. The molecule has 2 amide bonds. The van der Waals surface area contributed by atoms with Crippen LogP contribution in [-0.4, -0.2) is 47.9 Å². The molecule has 0 radical (unpaired) electrons. The van der Waals surface area contributed by atoms with Gasteiger partial charge in [0.1, 0.15) is 11.4 Å². The first-order valence-corrected chi connectivity index (χ1v) is 7.00. The van der Waals surface area contributed by atoms with Crippen molar-refractivity contribution in [3.63, 3.8) is 0 Å². The van der Waals surface area contributed by atoms with Crippen LogP contribution in [0.2, 0.25) is 0 Å². The maximum atomic E-state index is 12.1. The van der Waals surface area contributed by atoms with Gasteiger partial charge in [-0.25, -0.2) is 4.79 Å². The highest BCUT2D eigenvalue weighted by Crippen LogP contribution is 2.35. The molecular formula is C14H22N2O4. The van der Waals surface area contributed by atoms with E-state index in [2.05, 4.69) is 5.32 Å². The van der Waals surface area contributed by atoms with Crippen molar-refractivity contribution < 1.29 is 19.1 Å². The van der Waals surface area contributed by atoms with Gasteiger partial charge in [0.2, 0.25) is 5.91 Å². The lowest BCUT2D eigenvalue weighted by molar-refractivity contribution is -0.141. The average Bonchev–Trinajstić information content (AvgIpc) is 2.33. The van der Waals surface area contributed by atoms with E-state index in [4.69, 9.17) is 4.74 Å². The van der Waals surface area contributed by atoms with Crippen LogP contribution in [-0.2, 0) is 14.3 Å². The summed E-state index contributed by atoms with van der Waals surface area (Å²) in [5.41, 5.74) is -0.993. The van der Waals surface area contributed by atoms with Crippen molar-refractivity contribution in [2.24, 2.45) is 5.41 Å². The monoisotopic (exact) mass is 282 g/mol. The number of Topliss-reactive ketones (excluding diaryl/α,β-unsaturated/α-hetero) is 1. The Bertz CT molecular complexity index is 431. The van der Waals surface area contributed by atoms with Crippen LogP contribution in [0.5, 0.6) is 0 Å². The van der Waals surface area contributed by atoms with E-state index < -0.39 is 11.0 Å². The fraction of sp³-hybridized carbons (Fsp3) is 0.786. The number of hydrogen-bond acceptors (Lipinski definition) is 4. The molecule has 0 aromatic carbocycles. The van der Waals surface area contributed by atoms with E-state index in [-0.39, 0.29) is 24.2 Å². The molecule has 6 nitrogen and oxygen atoms in total. The van der Waals surface area contributed by atoms with Gasteiger partial charge >= 0.3 is 6.09 Å². The second kappa shape index (κ2) is 5.07. The number of ketones is 1. The molecular weight excluding hydrogens is 260 g/mol. The zero-order chi connectivity index (χ0) is 15.0. The summed E-state index contributed by atoms with van der Waals surface area (Å²) in [6, 6.07) is 0. The van der Waals surface area contributed by atoms with Gasteiger partial charge in [-0.05, 0) is 33.6 Å². The molecule has 0 aromatic rings. The maximum absolute atomic E-state index is 12.1. The molecule has 0 aliphatic carbocycles. The molecule has 0 atom stereocenters. The summed E-state index contributed by atoms with van der Waals surface area (Å²) in [5.74, 6) is -0.194. The fourth-order valence-corrected chi connectivity index (χ4v) is 2.66. The predicted octanol–water partition coefficient (Wildman–Crippen LogP) is 1.09. The minimum absolute atomic E-state index is 0.00471. The Balaban J connectivity index is 1.94. The predicted molar refractivity (Wildman–Crippen MR) is 72.1 cm³/mol. The molecule has 20 heavy (non-hydrogen) atoms. The first-order chi connectivity index (χ1) is 9.22. The number of piperidine rings is 2. The third kappa shape index (κ3) is 3.11. The van der Waals surface area contributed by atoms with Crippen molar-refractivity contribution in [2.75, 3.05) is 19.6 Å². The van der Waals surface area contributed by atoms with E-state index in [1.807, 2.05) is 20.8 Å². The van der Waals surface area contributed by atoms with Crippen LogP contribution in [0.3, 0.4) is 0 Å². The second-order valence-electron chi connectivity index (χ2n) is 6.62. The van der Waals surface area contributed by atoms with E-state index in [1.54, 1.807) is 4.90 Å². The lowest BCUT2D eigenvalue weighted by atomic mass is 9.72. The summed E-state index contributed by atoms with van der Waals surface area (Å²) in [6.45, 7) is 6.88. The molecule has 6 heteroatoms. The number of nitrogens with zero attached hydrogens (tertiary/aromatic N) is 1. The molecule has 2 aliphatic heterocycles. The van der Waals surface area contributed by atoms with Crippen molar-refractivity contribution in [2.45, 2.75) is 45.6 Å². The number of likely N-dealkylation sites (tertiary alicyclic amines) is 1. The van der Waals surface area contributed by atoms with Crippen LogP contribution in [0, 0.1) is 5.41 Å². The zero-order valence-corrected chi connectivity index (χ0v) is 12.3. The van der Waals surface area contributed by atoms with Crippen LogP contribution in [0.15, 0.2) is 0 Å². The summed E-state index contributed by atoms with van der Waals surface area (Å²) >= 11 is 0. The summed E-state index contributed by atoms with van der Waals surface area (Å²) in [5, 5.41) is 2.76. The van der Waals surface area contributed by atoms with Gasteiger partial charge in [-0.3, -0.25) is 9.59 Å². The van der Waals surface area contributed by atoms with Gasteiger partial charge in [0, 0.05) is 19.6 Å². The normalized spacial score (nSPS) is 22.6. The zero-order valence-electron chi connectivity index (χ0n) is 12.3. The number of hydrogen-bond donors (Lipinski definition) is 1. The highest BCUT2D eigenvalue weighted by atomic mass is 16.6. The first kappa shape index (κ1) is 14.8. The molecule has 0 unspecified atom stereocenters. The van der Waals surface area contributed by atoms with Gasteiger partial charge in [0.25, 0.3) is 0 Å². The first-order valence-electron chi connectivity index (χ1n) is 7.00. The third-order valence-corrected chi connectivity index (χ3v) is 3.91. The number of rotatable bonds is 0. The number of nitrogens with one attached hydrogen (secondary N) is 1. The summed E-state index contributed by atoms with van der Waals surface area (Å²) in [6.07, 6.45) is 0.808. The third-order valence-electron chi connectivity index (χ3n) is 3.91. The molecule has 2 fully saturated rings. The average molecular weight is 282 g/mol. The lowest BCUT2D eigenvalue weighted by Gasteiger charge is -2.42. The van der Waals surface area contributed by atoms with Crippen molar-refractivity contribution in [3.8, 4) is 0 Å². The van der Waals surface area contributed by atoms with Crippen molar-refractivity contribution >= 4 is 17.8 Å². The molecule has 2 rings (SSSR count). The van der Waals surface area contributed by atoms with E-state index in [0.29, 0.717) is 32.5 Å². The summed E-state index contributed by atoms with van der Waals surface area (Å²) < 4.78 is 5.33. The highest BCUT2D eigenvalue weighted by Gasteiger charge is 2.45. The maximum Gasteiger partial charge on any atom is 0.410 e. The molecule has 1 N–H and O–H groups in total. The number of amides is 2. The fourth-order valence-electron chi connectivity index (χ4n) is 2.66. The molecule has 0 aromatic heterocycles. The smallest absolute Gasteiger partial charge is 0.410 e. The van der Waals surface area contributed by atoms with Gasteiger partial charge in [0.05, 0.1) is 11.8 Å². The second-order valence-corrected chi connectivity index (χ2v) is 6.62. The Morgan fingerprint density at radius 1 is 1.25 bits per heavy atom. The largest absolute Gasteiger partial charge is 0.444 e. The van der Waals surface area contributed by atoms with E-state index in [1.165, 1.54) is 0 Å². The Kier molecular flexibility index (Phi) is 3.75. The van der Waals surface area contributed by atoms with Crippen molar-refractivity contribution in [3.05, 3.63) is 0 Å². The van der Waals surface area contributed by atoms with Crippen molar-refractivity contribution in [1.82, 2.24) is 10.2 Å². The van der Waals surface area contributed by atoms with Crippen LogP contribution < -0.4 is 5.32 Å². The van der Waals surface area contributed by atoms with Crippen LogP contribution in [0.25, 0.3) is 0 Å². The number of ether oxygens (including phenoxy) is 1. The Hall–Kier alpha value is -1.59. The highest BCUT2D eigenvalue weighted by molar-refractivity contribution is 6.03. The quantitative estimate of drug-likeness (QED) is 0.675. The van der Waals surface area contributed by atoms with Gasteiger partial charge in [0.15, 0.2) is 0 Å².